The molecule has 0 amide bonds. The zero-order valence-corrected chi connectivity index (χ0v) is 10.3. The molecule has 0 fully saturated rings. The van der Waals surface area contributed by atoms with E-state index in [0.717, 1.165) is 15.9 Å². The van der Waals surface area contributed by atoms with E-state index in [2.05, 4.69) is 10.2 Å². The number of hydrogen-bond donors (Lipinski definition) is 2. The van der Waals surface area contributed by atoms with Crippen LogP contribution in [0.1, 0.15) is 13.8 Å². The predicted molar refractivity (Wildman–Crippen MR) is 69.9 cm³/mol. The van der Waals surface area contributed by atoms with Crippen LogP contribution < -0.4 is 5.49 Å². The maximum absolute atomic E-state index is 9.47. The van der Waals surface area contributed by atoms with Gasteiger partial charge in [0.2, 0.25) is 0 Å². The Bertz CT molecular complexity index is 647. The molecule has 0 saturated heterocycles. The molecule has 0 radical (unpaired) electrons. The van der Waals surface area contributed by atoms with Gasteiger partial charge in [0.15, 0.2) is 5.49 Å². The Morgan fingerprint density at radius 3 is 2.56 bits per heavy atom. The summed E-state index contributed by atoms with van der Waals surface area (Å²) in [7, 11) is 0. The average molecular weight is 242 g/mol. The summed E-state index contributed by atoms with van der Waals surface area (Å²) in [4.78, 5) is 0. The van der Waals surface area contributed by atoms with E-state index in [1.54, 1.807) is 24.3 Å². The first-order valence-electron chi connectivity index (χ1n) is 5.52. The Hall–Kier alpha value is -2.43. The molecule has 0 aliphatic heterocycles. The quantitative estimate of drug-likeness (QED) is 0.440. The lowest BCUT2D eigenvalue weighted by molar-refractivity contribution is 0.171. The van der Waals surface area contributed by atoms with Gasteiger partial charge in [0.05, 0.1) is 5.71 Å². The molecule has 1 aliphatic rings. The summed E-state index contributed by atoms with van der Waals surface area (Å²) in [5.74, 6) is 0. The van der Waals surface area contributed by atoms with Crippen LogP contribution in [0.15, 0.2) is 57.9 Å². The predicted octanol–water partition coefficient (Wildman–Crippen LogP) is 1.91. The summed E-state index contributed by atoms with van der Waals surface area (Å²) in [6.45, 7) is 3.91. The number of rotatable bonds is 1. The van der Waals surface area contributed by atoms with Gasteiger partial charge in [0.25, 0.3) is 0 Å². The Labute approximate surface area is 105 Å². The molecular formula is C13H14N4O. The van der Waals surface area contributed by atoms with Crippen LogP contribution in [0.5, 0.6) is 0 Å². The zero-order valence-electron chi connectivity index (χ0n) is 10.3. The second kappa shape index (κ2) is 4.83. The molecule has 18 heavy (non-hydrogen) atoms. The molecule has 0 aromatic carbocycles. The molecule has 5 nitrogen and oxygen atoms in total. The third kappa shape index (κ3) is 2.45. The Kier molecular flexibility index (Phi) is 3.23. The molecule has 92 valence electrons. The number of hydrogen-bond acceptors (Lipinski definition) is 4. The lowest BCUT2D eigenvalue weighted by Crippen LogP contribution is -2.18. The van der Waals surface area contributed by atoms with Crippen LogP contribution in [-0.2, 0) is 0 Å². The topological polar surface area (TPSA) is 73.7 Å². The van der Waals surface area contributed by atoms with Crippen LogP contribution in [0.2, 0.25) is 0 Å². The molecule has 0 unspecified atom stereocenters. The summed E-state index contributed by atoms with van der Waals surface area (Å²) in [5, 5.41) is 25.2. The van der Waals surface area contributed by atoms with Crippen LogP contribution >= 0.6 is 0 Å². The van der Waals surface area contributed by atoms with E-state index in [1.165, 1.54) is 6.20 Å². The highest BCUT2D eigenvalue weighted by molar-refractivity contribution is 6.50. The van der Waals surface area contributed by atoms with E-state index in [-0.39, 0.29) is 0 Å². The minimum Gasteiger partial charge on any atom is -0.427 e. The van der Waals surface area contributed by atoms with Crippen molar-refractivity contribution in [3.05, 3.63) is 53.2 Å². The smallest absolute Gasteiger partial charge is 0.189 e. The standard InChI is InChI=1S/C13H14N4O/c1-9-7-11(14)12(8-10(9)2)15-16-13-5-3-4-6-17(13)18/h3-8,14,18H,1-2H3/b14-11?,15-12+,16-13+. The summed E-state index contributed by atoms with van der Waals surface area (Å²) in [5.41, 5.74) is 3.24. The first-order chi connectivity index (χ1) is 8.58. The fraction of sp³-hybridized carbons (Fsp3) is 0.154. The molecular weight excluding hydrogens is 228 g/mol. The highest BCUT2D eigenvalue weighted by atomic mass is 16.5. The SMILES string of the molecule is CC1=CC(=N)/C(=N/N=c2\ccccn2O)C=C1C. The van der Waals surface area contributed by atoms with E-state index < -0.39 is 0 Å². The van der Waals surface area contributed by atoms with Crippen molar-refractivity contribution in [2.24, 2.45) is 10.2 Å². The Balaban J connectivity index is 2.40. The number of pyridine rings is 1. The largest absolute Gasteiger partial charge is 0.427 e. The molecule has 1 aliphatic carbocycles. The van der Waals surface area contributed by atoms with Gasteiger partial charge in [-0.2, -0.15) is 4.73 Å². The zero-order chi connectivity index (χ0) is 13.1. The molecule has 0 bridgehead atoms. The average Bonchev–Trinajstić information content (AvgIpc) is 2.34. The van der Waals surface area contributed by atoms with E-state index in [4.69, 9.17) is 5.41 Å². The van der Waals surface area contributed by atoms with E-state index in [9.17, 15) is 5.21 Å². The fourth-order valence-corrected chi connectivity index (χ4v) is 1.49. The number of aromatic nitrogens is 1. The fourth-order valence-electron chi connectivity index (χ4n) is 1.49. The van der Waals surface area contributed by atoms with Gasteiger partial charge in [0, 0.05) is 6.20 Å². The van der Waals surface area contributed by atoms with Crippen molar-refractivity contribution in [2.45, 2.75) is 13.8 Å². The second-order valence-corrected chi connectivity index (χ2v) is 4.06. The summed E-state index contributed by atoms with van der Waals surface area (Å²) >= 11 is 0. The maximum Gasteiger partial charge on any atom is 0.189 e. The highest BCUT2D eigenvalue weighted by Crippen LogP contribution is 2.14. The number of allylic oxidation sites excluding steroid dienone is 4. The van der Waals surface area contributed by atoms with Gasteiger partial charge in [-0.3, -0.25) is 5.41 Å². The van der Waals surface area contributed by atoms with E-state index in [0.29, 0.717) is 16.9 Å². The molecule has 0 spiro atoms. The van der Waals surface area contributed by atoms with Crippen LogP contribution in [0, 0.1) is 5.41 Å². The van der Waals surface area contributed by atoms with Crippen LogP contribution in [-0.4, -0.2) is 21.4 Å². The van der Waals surface area contributed by atoms with E-state index >= 15 is 0 Å². The third-order valence-corrected chi connectivity index (χ3v) is 2.69. The van der Waals surface area contributed by atoms with Crippen molar-refractivity contribution in [1.82, 2.24) is 4.73 Å². The highest BCUT2D eigenvalue weighted by Gasteiger charge is 2.09. The van der Waals surface area contributed by atoms with Gasteiger partial charge in [0.1, 0.15) is 5.71 Å². The minimum atomic E-state index is 0.315. The lowest BCUT2D eigenvalue weighted by Gasteiger charge is -2.09. The molecule has 2 N–H and O–H groups in total. The number of nitrogens with one attached hydrogen (secondary N) is 1. The summed E-state index contributed by atoms with van der Waals surface area (Å²) in [6, 6.07) is 5.07. The summed E-state index contributed by atoms with van der Waals surface area (Å²) in [6.07, 6.45) is 5.03. The van der Waals surface area contributed by atoms with Gasteiger partial charge in [-0.05, 0) is 49.3 Å². The molecule has 1 aromatic rings. The van der Waals surface area contributed by atoms with Gasteiger partial charge < -0.3 is 5.21 Å². The van der Waals surface area contributed by atoms with Crippen molar-refractivity contribution < 1.29 is 5.21 Å². The maximum atomic E-state index is 9.47. The minimum absolute atomic E-state index is 0.315. The van der Waals surface area contributed by atoms with Crippen LogP contribution in [0.3, 0.4) is 0 Å². The second-order valence-electron chi connectivity index (χ2n) is 4.06. The Morgan fingerprint density at radius 2 is 1.83 bits per heavy atom. The van der Waals surface area contributed by atoms with Gasteiger partial charge in [-0.25, -0.2) is 0 Å². The lowest BCUT2D eigenvalue weighted by atomic mass is 9.98. The monoisotopic (exact) mass is 242 g/mol. The molecule has 1 heterocycles. The number of nitrogens with zero attached hydrogens (tertiary/aromatic N) is 3. The van der Waals surface area contributed by atoms with Gasteiger partial charge in [-0.15, -0.1) is 10.2 Å². The molecule has 5 heteroatoms. The first kappa shape index (κ1) is 12.0. The van der Waals surface area contributed by atoms with Gasteiger partial charge in [-0.1, -0.05) is 6.07 Å². The van der Waals surface area contributed by atoms with Gasteiger partial charge >= 0.3 is 0 Å². The molecule has 2 rings (SSSR count). The third-order valence-electron chi connectivity index (χ3n) is 2.69. The van der Waals surface area contributed by atoms with Crippen LogP contribution in [0.25, 0.3) is 0 Å². The summed E-state index contributed by atoms with van der Waals surface area (Å²) < 4.78 is 0.883. The van der Waals surface area contributed by atoms with Crippen molar-refractivity contribution in [2.75, 3.05) is 0 Å². The van der Waals surface area contributed by atoms with E-state index in [1.807, 2.05) is 19.9 Å². The van der Waals surface area contributed by atoms with Crippen molar-refractivity contribution in [1.29, 1.82) is 5.41 Å². The Morgan fingerprint density at radius 1 is 1.11 bits per heavy atom. The molecule has 0 saturated carbocycles. The van der Waals surface area contributed by atoms with Crippen LogP contribution in [0.4, 0.5) is 0 Å². The first-order valence-corrected chi connectivity index (χ1v) is 5.52. The van der Waals surface area contributed by atoms with Crippen molar-refractivity contribution in [3.8, 4) is 0 Å². The molecule has 0 atom stereocenters. The molecule has 1 aromatic heterocycles. The normalized spacial score (nSPS) is 18.9. The van der Waals surface area contributed by atoms with Crippen molar-refractivity contribution in [3.63, 3.8) is 0 Å². The van der Waals surface area contributed by atoms with Crippen molar-refractivity contribution >= 4 is 11.4 Å².